The van der Waals surface area contributed by atoms with Crippen LogP contribution in [0.15, 0.2) is 0 Å². The third-order valence-electron chi connectivity index (χ3n) is 7.93. The summed E-state index contributed by atoms with van der Waals surface area (Å²) in [5.41, 5.74) is 0. The molecule has 0 aromatic rings. The molecule has 0 spiro atoms. The van der Waals surface area contributed by atoms with Crippen LogP contribution in [0.2, 0.25) is 0 Å². The standard InChI is InChI=1S/C31H59NO4/c1-8-9-10-11-12-13-14-15-16-17-18-21-35-30(33)28(22-24(2)3)32(7)31(34)36-29-23-26(6)19-20-27(29)25(4)5/h24-29H,8-23H2,1-7H3. The molecule has 5 heteroatoms. The number of carbonyl (C=O) groups is 2. The minimum absolute atomic E-state index is 0.0734. The van der Waals surface area contributed by atoms with E-state index in [0.29, 0.717) is 30.8 Å². The predicted octanol–water partition coefficient (Wildman–Crippen LogP) is 8.78. The second-order valence-electron chi connectivity index (χ2n) is 12.2. The Morgan fingerprint density at radius 3 is 1.94 bits per heavy atom. The maximum atomic E-state index is 13.1. The summed E-state index contributed by atoms with van der Waals surface area (Å²) in [6.45, 7) is 13.5. The van der Waals surface area contributed by atoms with Gasteiger partial charge in [-0.2, -0.15) is 0 Å². The Balaban J connectivity index is 2.41. The summed E-state index contributed by atoms with van der Waals surface area (Å²) >= 11 is 0. The normalized spacial score (nSPS) is 21.0. The number of hydrogen-bond donors (Lipinski definition) is 0. The molecule has 1 aliphatic carbocycles. The molecule has 4 atom stereocenters. The summed E-state index contributed by atoms with van der Waals surface area (Å²) in [6, 6.07) is -0.594. The minimum Gasteiger partial charge on any atom is -0.464 e. The molecule has 0 radical (unpaired) electrons. The lowest BCUT2D eigenvalue weighted by atomic mass is 9.75. The molecule has 0 heterocycles. The van der Waals surface area contributed by atoms with Gasteiger partial charge in [-0.15, -0.1) is 0 Å². The van der Waals surface area contributed by atoms with Crippen LogP contribution in [-0.4, -0.2) is 42.8 Å². The third kappa shape index (κ3) is 13.3. The quantitative estimate of drug-likeness (QED) is 0.137. The Hall–Kier alpha value is -1.26. The number of hydrogen-bond acceptors (Lipinski definition) is 4. The Morgan fingerprint density at radius 2 is 1.42 bits per heavy atom. The molecule has 4 unspecified atom stereocenters. The van der Waals surface area contributed by atoms with Crippen LogP contribution in [0.4, 0.5) is 4.79 Å². The van der Waals surface area contributed by atoms with Gasteiger partial charge in [0.25, 0.3) is 0 Å². The average molecular weight is 510 g/mol. The molecule has 36 heavy (non-hydrogen) atoms. The van der Waals surface area contributed by atoms with E-state index in [9.17, 15) is 9.59 Å². The van der Waals surface area contributed by atoms with Gasteiger partial charge in [-0.3, -0.25) is 4.90 Å². The van der Waals surface area contributed by atoms with E-state index in [1.165, 1.54) is 69.1 Å². The topological polar surface area (TPSA) is 55.8 Å². The number of unbranched alkanes of at least 4 members (excludes halogenated alkanes) is 10. The lowest BCUT2D eigenvalue weighted by molar-refractivity contribution is -0.150. The molecular formula is C31H59NO4. The van der Waals surface area contributed by atoms with E-state index in [0.717, 1.165) is 25.7 Å². The van der Waals surface area contributed by atoms with Crippen LogP contribution in [0.5, 0.6) is 0 Å². The van der Waals surface area contributed by atoms with Gasteiger partial charge in [0.05, 0.1) is 6.61 Å². The average Bonchev–Trinajstić information content (AvgIpc) is 2.82. The molecule has 0 aromatic heterocycles. The first-order valence-corrected chi connectivity index (χ1v) is 15.3. The van der Waals surface area contributed by atoms with E-state index in [2.05, 4.69) is 41.5 Å². The molecular weight excluding hydrogens is 450 g/mol. The highest BCUT2D eigenvalue weighted by Gasteiger charge is 2.36. The maximum absolute atomic E-state index is 13.1. The largest absolute Gasteiger partial charge is 0.464 e. The summed E-state index contributed by atoms with van der Waals surface area (Å²) in [7, 11) is 1.69. The van der Waals surface area contributed by atoms with Gasteiger partial charge < -0.3 is 9.47 Å². The number of carbonyl (C=O) groups excluding carboxylic acids is 2. The molecule has 0 bridgehead atoms. The number of likely N-dealkylation sites (N-methyl/N-ethyl adjacent to an activating group) is 1. The second kappa shape index (κ2) is 18.9. The van der Waals surface area contributed by atoms with Crippen molar-refractivity contribution in [3.05, 3.63) is 0 Å². The molecule has 0 N–H and O–H groups in total. The van der Waals surface area contributed by atoms with Crippen LogP contribution in [0.25, 0.3) is 0 Å². The van der Waals surface area contributed by atoms with Crippen LogP contribution in [-0.2, 0) is 14.3 Å². The first kappa shape index (κ1) is 32.8. The summed E-state index contributed by atoms with van der Waals surface area (Å²) in [4.78, 5) is 27.5. The first-order chi connectivity index (χ1) is 17.2. The molecule has 1 fully saturated rings. The molecule has 0 saturated heterocycles. The van der Waals surface area contributed by atoms with Crippen molar-refractivity contribution in [1.82, 2.24) is 4.90 Å². The Kier molecular flexibility index (Phi) is 17.2. The molecule has 212 valence electrons. The van der Waals surface area contributed by atoms with Gasteiger partial charge in [0.1, 0.15) is 12.1 Å². The van der Waals surface area contributed by atoms with Crippen molar-refractivity contribution in [2.24, 2.45) is 23.7 Å². The molecule has 1 rings (SSSR count). The van der Waals surface area contributed by atoms with Gasteiger partial charge in [0.15, 0.2) is 0 Å². The predicted molar refractivity (Wildman–Crippen MR) is 150 cm³/mol. The minimum atomic E-state index is -0.594. The highest BCUT2D eigenvalue weighted by Crippen LogP contribution is 2.35. The lowest BCUT2D eigenvalue weighted by Crippen LogP contribution is -2.47. The number of nitrogens with zero attached hydrogens (tertiary/aromatic N) is 1. The smallest absolute Gasteiger partial charge is 0.410 e. The molecule has 1 saturated carbocycles. The maximum Gasteiger partial charge on any atom is 0.410 e. The Morgan fingerprint density at radius 1 is 0.861 bits per heavy atom. The van der Waals surface area contributed by atoms with Crippen LogP contribution in [0.1, 0.15) is 138 Å². The zero-order chi connectivity index (χ0) is 26.9. The van der Waals surface area contributed by atoms with Crippen LogP contribution < -0.4 is 0 Å². The lowest BCUT2D eigenvalue weighted by Gasteiger charge is -2.38. The summed E-state index contributed by atoms with van der Waals surface area (Å²) in [6.07, 6.45) is 17.2. The van der Waals surface area contributed by atoms with Crippen LogP contribution in [0.3, 0.4) is 0 Å². The molecule has 5 nitrogen and oxygen atoms in total. The highest BCUT2D eigenvalue weighted by atomic mass is 16.6. The fourth-order valence-corrected chi connectivity index (χ4v) is 5.48. The van der Waals surface area contributed by atoms with Gasteiger partial charge in [-0.1, -0.05) is 112 Å². The second-order valence-corrected chi connectivity index (χ2v) is 12.2. The molecule has 0 aromatic carbocycles. The van der Waals surface area contributed by atoms with Gasteiger partial charge in [0.2, 0.25) is 0 Å². The first-order valence-electron chi connectivity index (χ1n) is 15.3. The molecule has 1 aliphatic rings. The van der Waals surface area contributed by atoms with Gasteiger partial charge >= 0.3 is 12.1 Å². The van der Waals surface area contributed by atoms with Crippen molar-refractivity contribution >= 4 is 12.1 Å². The van der Waals surface area contributed by atoms with E-state index in [-0.39, 0.29) is 18.0 Å². The third-order valence-corrected chi connectivity index (χ3v) is 7.93. The summed E-state index contributed by atoms with van der Waals surface area (Å²) < 4.78 is 11.6. The fraction of sp³-hybridized carbons (Fsp3) is 0.935. The van der Waals surface area contributed by atoms with E-state index < -0.39 is 12.1 Å². The van der Waals surface area contributed by atoms with Crippen molar-refractivity contribution in [2.45, 2.75) is 150 Å². The van der Waals surface area contributed by atoms with Crippen molar-refractivity contribution in [2.75, 3.05) is 13.7 Å². The molecule has 0 aliphatic heterocycles. The van der Waals surface area contributed by atoms with Gasteiger partial charge in [0, 0.05) is 7.05 Å². The Labute approximate surface area is 223 Å². The monoisotopic (exact) mass is 509 g/mol. The highest BCUT2D eigenvalue weighted by molar-refractivity contribution is 5.81. The summed E-state index contributed by atoms with van der Waals surface area (Å²) in [5, 5.41) is 0. The van der Waals surface area contributed by atoms with Gasteiger partial charge in [-0.25, -0.2) is 9.59 Å². The van der Waals surface area contributed by atoms with Crippen molar-refractivity contribution in [3.63, 3.8) is 0 Å². The van der Waals surface area contributed by atoms with E-state index in [1.807, 2.05) is 0 Å². The SMILES string of the molecule is CCCCCCCCCCCCCOC(=O)C(CC(C)C)N(C)C(=O)OC1CC(C)CCC1C(C)C. The number of ether oxygens (including phenoxy) is 2. The Bertz CT molecular complexity index is 591. The van der Waals surface area contributed by atoms with Crippen LogP contribution >= 0.6 is 0 Å². The van der Waals surface area contributed by atoms with Crippen molar-refractivity contribution in [3.8, 4) is 0 Å². The van der Waals surface area contributed by atoms with Crippen molar-refractivity contribution < 1.29 is 19.1 Å². The zero-order valence-corrected chi connectivity index (χ0v) is 24.9. The number of amides is 1. The van der Waals surface area contributed by atoms with E-state index in [1.54, 1.807) is 7.05 Å². The van der Waals surface area contributed by atoms with E-state index in [4.69, 9.17) is 9.47 Å². The summed E-state index contributed by atoms with van der Waals surface area (Å²) in [5.74, 6) is 1.40. The molecule has 1 amide bonds. The number of rotatable bonds is 18. The van der Waals surface area contributed by atoms with Gasteiger partial charge in [-0.05, 0) is 49.4 Å². The van der Waals surface area contributed by atoms with E-state index >= 15 is 0 Å². The zero-order valence-electron chi connectivity index (χ0n) is 24.9. The fourth-order valence-electron chi connectivity index (χ4n) is 5.48. The van der Waals surface area contributed by atoms with Crippen LogP contribution in [0, 0.1) is 23.7 Å². The van der Waals surface area contributed by atoms with Crippen molar-refractivity contribution in [1.29, 1.82) is 0 Å². The number of esters is 1.